The van der Waals surface area contributed by atoms with Crippen molar-refractivity contribution in [2.75, 3.05) is 5.32 Å². The summed E-state index contributed by atoms with van der Waals surface area (Å²) in [7, 11) is 0. The number of benzene rings is 4. The van der Waals surface area contributed by atoms with Crippen LogP contribution in [0.2, 0.25) is 10.0 Å². The second kappa shape index (κ2) is 10.8. The quantitative estimate of drug-likeness (QED) is 0.248. The van der Waals surface area contributed by atoms with Crippen LogP contribution in [0.3, 0.4) is 0 Å². The fourth-order valence-corrected chi connectivity index (χ4v) is 3.96. The molecule has 0 amide bonds. The van der Waals surface area contributed by atoms with E-state index < -0.39 is 0 Å². The Bertz CT molecular complexity index is 1140. The van der Waals surface area contributed by atoms with Gasteiger partial charge in [-0.2, -0.15) is 0 Å². The lowest BCUT2D eigenvalue weighted by Crippen LogP contribution is -2.01. The highest BCUT2D eigenvalue weighted by atomic mass is 79.9. The summed E-state index contributed by atoms with van der Waals surface area (Å²) in [5, 5.41) is 4.34. The zero-order valence-electron chi connectivity index (χ0n) is 17.0. The number of hydrogen-bond donors (Lipinski definition) is 1. The molecule has 0 bridgehead atoms. The predicted octanol–water partition coefficient (Wildman–Crippen LogP) is 8.74. The van der Waals surface area contributed by atoms with E-state index >= 15 is 0 Å². The minimum Gasteiger partial charge on any atom is -0.486 e. The van der Waals surface area contributed by atoms with E-state index in [1.54, 1.807) is 0 Å². The molecule has 0 unspecified atom stereocenters. The molecule has 0 aliphatic heterocycles. The summed E-state index contributed by atoms with van der Waals surface area (Å²) >= 11 is 16.3. The van der Waals surface area contributed by atoms with E-state index in [0.29, 0.717) is 28.9 Å². The van der Waals surface area contributed by atoms with Gasteiger partial charge in [-0.05, 0) is 71.8 Å². The third-order valence-electron chi connectivity index (χ3n) is 4.68. The molecule has 0 spiro atoms. The summed E-state index contributed by atoms with van der Waals surface area (Å²) < 4.78 is 12.7. The first kappa shape index (κ1) is 22.5. The number of rotatable bonds is 8. The van der Waals surface area contributed by atoms with Gasteiger partial charge in [0.15, 0.2) is 5.75 Å². The van der Waals surface area contributed by atoms with Gasteiger partial charge in [0.1, 0.15) is 18.1 Å². The first-order valence-corrected chi connectivity index (χ1v) is 11.5. The van der Waals surface area contributed by atoms with Crippen molar-refractivity contribution in [3.8, 4) is 17.2 Å². The van der Waals surface area contributed by atoms with Crippen molar-refractivity contribution in [2.45, 2.75) is 13.2 Å². The molecule has 0 saturated carbocycles. The number of anilines is 1. The normalized spacial score (nSPS) is 10.6. The minimum atomic E-state index is 0.391. The van der Waals surface area contributed by atoms with Crippen molar-refractivity contribution < 1.29 is 9.47 Å². The third kappa shape index (κ3) is 6.19. The predicted molar refractivity (Wildman–Crippen MR) is 135 cm³/mol. The molecule has 0 aliphatic rings. The van der Waals surface area contributed by atoms with Gasteiger partial charge in [-0.3, -0.25) is 0 Å². The summed E-state index contributed by atoms with van der Waals surface area (Å²) in [5.41, 5.74) is 2.96. The highest BCUT2D eigenvalue weighted by Gasteiger charge is 2.10. The van der Waals surface area contributed by atoms with Crippen LogP contribution < -0.4 is 14.8 Å². The number of ether oxygens (including phenoxy) is 2. The standard InChI is InChI=1S/C26H20BrCl2NO2/c27-20-8-6-18(7-9-20)17-31-26-24(28)14-19(15-25(26)29)16-30-21-10-12-23(13-11-21)32-22-4-2-1-3-5-22/h1-15,30H,16-17H2. The summed E-state index contributed by atoms with van der Waals surface area (Å²) in [6, 6.07) is 29.1. The van der Waals surface area contributed by atoms with Crippen LogP contribution in [0.5, 0.6) is 17.2 Å². The van der Waals surface area contributed by atoms with Crippen molar-refractivity contribution in [1.82, 2.24) is 0 Å². The van der Waals surface area contributed by atoms with Gasteiger partial charge in [-0.25, -0.2) is 0 Å². The van der Waals surface area contributed by atoms with Crippen LogP contribution in [-0.2, 0) is 13.2 Å². The zero-order chi connectivity index (χ0) is 22.3. The largest absolute Gasteiger partial charge is 0.486 e. The van der Waals surface area contributed by atoms with Gasteiger partial charge in [0.05, 0.1) is 10.0 Å². The molecule has 0 radical (unpaired) electrons. The highest BCUT2D eigenvalue weighted by molar-refractivity contribution is 9.10. The van der Waals surface area contributed by atoms with Gasteiger partial charge >= 0.3 is 0 Å². The van der Waals surface area contributed by atoms with Gasteiger partial charge in [-0.15, -0.1) is 0 Å². The Hall–Kier alpha value is -2.66. The monoisotopic (exact) mass is 527 g/mol. The Morgan fingerprint density at radius 3 is 2.00 bits per heavy atom. The SMILES string of the molecule is Clc1cc(CNc2ccc(Oc3ccccc3)cc2)cc(Cl)c1OCc1ccc(Br)cc1. The van der Waals surface area contributed by atoms with Crippen molar-refractivity contribution >= 4 is 44.8 Å². The lowest BCUT2D eigenvalue weighted by molar-refractivity contribution is 0.306. The zero-order valence-corrected chi connectivity index (χ0v) is 20.1. The second-order valence-corrected chi connectivity index (χ2v) is 8.83. The summed E-state index contributed by atoms with van der Waals surface area (Å²) in [6.45, 7) is 0.965. The van der Waals surface area contributed by atoms with Crippen LogP contribution in [0.25, 0.3) is 0 Å². The molecule has 162 valence electrons. The Kier molecular flexibility index (Phi) is 7.59. The summed E-state index contributed by atoms with van der Waals surface area (Å²) in [6.07, 6.45) is 0. The third-order valence-corrected chi connectivity index (χ3v) is 5.77. The molecular formula is C26H20BrCl2NO2. The molecule has 4 rings (SSSR count). The van der Waals surface area contributed by atoms with E-state index in [4.69, 9.17) is 32.7 Å². The summed E-state index contributed by atoms with van der Waals surface area (Å²) in [5.74, 6) is 2.07. The van der Waals surface area contributed by atoms with E-state index in [0.717, 1.165) is 32.8 Å². The van der Waals surface area contributed by atoms with E-state index in [2.05, 4.69) is 21.2 Å². The Labute approximate surface area is 206 Å². The maximum atomic E-state index is 6.44. The minimum absolute atomic E-state index is 0.391. The molecule has 0 atom stereocenters. The molecule has 32 heavy (non-hydrogen) atoms. The smallest absolute Gasteiger partial charge is 0.156 e. The number of nitrogens with one attached hydrogen (secondary N) is 1. The Morgan fingerprint density at radius 1 is 0.719 bits per heavy atom. The van der Waals surface area contributed by atoms with Crippen molar-refractivity contribution in [3.05, 3.63) is 117 Å². The van der Waals surface area contributed by atoms with Crippen LogP contribution in [-0.4, -0.2) is 0 Å². The van der Waals surface area contributed by atoms with Crippen molar-refractivity contribution in [1.29, 1.82) is 0 Å². The fourth-order valence-electron chi connectivity index (χ4n) is 3.06. The van der Waals surface area contributed by atoms with E-state index in [-0.39, 0.29) is 0 Å². The molecule has 1 N–H and O–H groups in total. The van der Waals surface area contributed by atoms with Gasteiger partial charge in [0.25, 0.3) is 0 Å². The maximum Gasteiger partial charge on any atom is 0.156 e. The Balaban J connectivity index is 1.34. The molecule has 0 aromatic heterocycles. The molecule has 0 saturated heterocycles. The van der Waals surface area contributed by atoms with E-state index in [1.807, 2.05) is 91.0 Å². The number of hydrogen-bond acceptors (Lipinski definition) is 3. The number of halogens is 3. The van der Waals surface area contributed by atoms with Crippen molar-refractivity contribution in [3.63, 3.8) is 0 Å². The molecule has 0 heterocycles. The van der Waals surface area contributed by atoms with Gasteiger partial charge < -0.3 is 14.8 Å². The molecule has 4 aromatic rings. The first-order valence-electron chi connectivity index (χ1n) is 9.99. The maximum absolute atomic E-state index is 6.44. The second-order valence-electron chi connectivity index (χ2n) is 7.10. The molecule has 0 fully saturated rings. The Morgan fingerprint density at radius 2 is 1.34 bits per heavy atom. The average Bonchev–Trinajstić information content (AvgIpc) is 2.80. The lowest BCUT2D eigenvalue weighted by atomic mass is 10.2. The number of para-hydroxylation sites is 1. The van der Waals surface area contributed by atoms with Gasteiger partial charge in [0, 0.05) is 16.7 Å². The first-order chi connectivity index (χ1) is 15.6. The van der Waals surface area contributed by atoms with Crippen LogP contribution in [0.1, 0.15) is 11.1 Å². The molecule has 0 aliphatic carbocycles. The molecular weight excluding hydrogens is 509 g/mol. The molecule has 6 heteroatoms. The topological polar surface area (TPSA) is 30.5 Å². The van der Waals surface area contributed by atoms with Crippen LogP contribution in [0, 0.1) is 0 Å². The van der Waals surface area contributed by atoms with E-state index in [9.17, 15) is 0 Å². The fraction of sp³-hybridized carbons (Fsp3) is 0.0769. The van der Waals surface area contributed by atoms with Gasteiger partial charge in [-0.1, -0.05) is 69.5 Å². The van der Waals surface area contributed by atoms with Crippen LogP contribution in [0.15, 0.2) is 95.5 Å². The van der Waals surface area contributed by atoms with Crippen LogP contribution in [0.4, 0.5) is 5.69 Å². The molecule has 3 nitrogen and oxygen atoms in total. The highest BCUT2D eigenvalue weighted by Crippen LogP contribution is 2.35. The average molecular weight is 529 g/mol. The van der Waals surface area contributed by atoms with Crippen molar-refractivity contribution in [2.24, 2.45) is 0 Å². The van der Waals surface area contributed by atoms with Gasteiger partial charge in [0.2, 0.25) is 0 Å². The molecule has 4 aromatic carbocycles. The van der Waals surface area contributed by atoms with Crippen LogP contribution >= 0.6 is 39.1 Å². The van der Waals surface area contributed by atoms with E-state index in [1.165, 1.54) is 0 Å². The summed E-state index contributed by atoms with van der Waals surface area (Å²) in [4.78, 5) is 0. The lowest BCUT2D eigenvalue weighted by Gasteiger charge is -2.13.